The molecule has 0 unspecified atom stereocenters. The van der Waals surface area contributed by atoms with Crippen LogP contribution in [0.15, 0.2) is 29.8 Å². The van der Waals surface area contributed by atoms with E-state index in [1.807, 2.05) is 12.1 Å². The van der Waals surface area contributed by atoms with Gasteiger partial charge in [-0.15, -0.1) is 0 Å². The Bertz CT molecular complexity index is 759. The molecule has 2 aliphatic rings. The van der Waals surface area contributed by atoms with Crippen molar-refractivity contribution in [3.05, 3.63) is 35.4 Å². The lowest BCUT2D eigenvalue weighted by Crippen LogP contribution is -2.19. The summed E-state index contributed by atoms with van der Waals surface area (Å²) in [5.74, 6) is 0.351. The topological polar surface area (TPSA) is 61.8 Å². The summed E-state index contributed by atoms with van der Waals surface area (Å²) in [5.41, 5.74) is 2.65. The highest BCUT2D eigenvalue weighted by molar-refractivity contribution is 5.71. The normalized spacial score (nSPS) is 17.7. The molecule has 3 rings (SSSR count). The van der Waals surface area contributed by atoms with Crippen LogP contribution >= 0.6 is 0 Å². The van der Waals surface area contributed by atoms with Crippen LogP contribution in [0.2, 0.25) is 0 Å². The second kappa shape index (κ2) is 9.95. The molecule has 5 heteroatoms. The summed E-state index contributed by atoms with van der Waals surface area (Å²) in [5, 5.41) is 0. The first-order valence-electron chi connectivity index (χ1n) is 10.8. The largest absolute Gasteiger partial charge is 0.485 e. The second-order valence-corrected chi connectivity index (χ2v) is 8.19. The molecule has 1 saturated carbocycles. The van der Waals surface area contributed by atoms with Crippen molar-refractivity contribution < 1.29 is 23.8 Å². The van der Waals surface area contributed by atoms with Crippen molar-refractivity contribution in [1.82, 2.24) is 0 Å². The molecular weight excluding hydrogens is 368 g/mol. The SMILES string of the molecule is CCOC(=O)CCc1ccc(OCC2=CC3(CCCC3)CCC2)c(OC(C)=O)c1. The van der Waals surface area contributed by atoms with Gasteiger partial charge in [-0.1, -0.05) is 25.0 Å². The molecular formula is C24H32O5. The van der Waals surface area contributed by atoms with Gasteiger partial charge in [0.05, 0.1) is 6.61 Å². The first-order valence-corrected chi connectivity index (χ1v) is 10.8. The molecule has 2 aliphatic carbocycles. The second-order valence-electron chi connectivity index (χ2n) is 8.19. The highest BCUT2D eigenvalue weighted by Crippen LogP contribution is 2.47. The number of hydrogen-bond donors (Lipinski definition) is 0. The van der Waals surface area contributed by atoms with Gasteiger partial charge in [0.25, 0.3) is 0 Å². The zero-order chi connectivity index (χ0) is 20.7. The van der Waals surface area contributed by atoms with Gasteiger partial charge in [-0.3, -0.25) is 9.59 Å². The summed E-state index contributed by atoms with van der Waals surface area (Å²) in [6, 6.07) is 5.52. The highest BCUT2D eigenvalue weighted by atomic mass is 16.6. The maximum atomic E-state index is 11.6. The van der Waals surface area contributed by atoms with Gasteiger partial charge in [0, 0.05) is 13.3 Å². The predicted molar refractivity (Wildman–Crippen MR) is 111 cm³/mol. The third kappa shape index (κ3) is 6.09. The first kappa shape index (κ1) is 21.4. The van der Waals surface area contributed by atoms with Gasteiger partial charge in [0.2, 0.25) is 0 Å². The molecule has 0 N–H and O–H groups in total. The van der Waals surface area contributed by atoms with E-state index in [9.17, 15) is 9.59 Å². The number of carbonyl (C=O) groups is 2. The van der Waals surface area contributed by atoms with Gasteiger partial charge >= 0.3 is 11.9 Å². The van der Waals surface area contributed by atoms with Crippen molar-refractivity contribution in [2.45, 2.75) is 71.6 Å². The minimum absolute atomic E-state index is 0.230. The maximum absolute atomic E-state index is 11.6. The van der Waals surface area contributed by atoms with Crippen LogP contribution in [0.5, 0.6) is 11.5 Å². The maximum Gasteiger partial charge on any atom is 0.308 e. The smallest absolute Gasteiger partial charge is 0.308 e. The number of rotatable bonds is 8. The number of aryl methyl sites for hydroxylation is 1. The molecule has 0 amide bonds. The van der Waals surface area contributed by atoms with Crippen LogP contribution in [-0.2, 0) is 20.7 Å². The Morgan fingerprint density at radius 1 is 1.07 bits per heavy atom. The summed E-state index contributed by atoms with van der Waals surface area (Å²) in [6.07, 6.45) is 12.1. The van der Waals surface area contributed by atoms with Gasteiger partial charge in [-0.2, -0.15) is 0 Å². The quantitative estimate of drug-likeness (QED) is 0.343. The van der Waals surface area contributed by atoms with E-state index in [0.717, 1.165) is 12.0 Å². The van der Waals surface area contributed by atoms with E-state index >= 15 is 0 Å². The molecule has 0 saturated heterocycles. The number of esters is 2. The van der Waals surface area contributed by atoms with Crippen molar-refractivity contribution in [3.8, 4) is 11.5 Å². The lowest BCUT2D eigenvalue weighted by molar-refractivity contribution is -0.143. The summed E-state index contributed by atoms with van der Waals surface area (Å²) in [4.78, 5) is 23.1. The summed E-state index contributed by atoms with van der Waals surface area (Å²) >= 11 is 0. The number of ether oxygens (including phenoxy) is 3. The zero-order valence-corrected chi connectivity index (χ0v) is 17.6. The molecule has 1 spiro atoms. The Labute approximate surface area is 173 Å². The van der Waals surface area contributed by atoms with Gasteiger partial charge in [-0.05, 0) is 74.1 Å². The molecule has 0 bridgehead atoms. The van der Waals surface area contributed by atoms with Crippen LogP contribution in [0.4, 0.5) is 0 Å². The van der Waals surface area contributed by atoms with E-state index in [1.54, 1.807) is 13.0 Å². The molecule has 0 aliphatic heterocycles. The average Bonchev–Trinajstić information content (AvgIpc) is 3.13. The van der Waals surface area contributed by atoms with Gasteiger partial charge in [0.15, 0.2) is 11.5 Å². The van der Waals surface area contributed by atoms with Gasteiger partial charge in [0.1, 0.15) is 6.61 Å². The fraction of sp³-hybridized carbons (Fsp3) is 0.583. The summed E-state index contributed by atoms with van der Waals surface area (Å²) in [6.45, 7) is 4.07. The fourth-order valence-corrected chi connectivity index (χ4v) is 4.54. The number of benzene rings is 1. The average molecular weight is 401 g/mol. The van der Waals surface area contributed by atoms with E-state index < -0.39 is 0 Å². The molecule has 0 radical (unpaired) electrons. The van der Waals surface area contributed by atoms with Crippen LogP contribution in [0.25, 0.3) is 0 Å². The third-order valence-corrected chi connectivity index (χ3v) is 5.88. The summed E-state index contributed by atoms with van der Waals surface area (Å²) in [7, 11) is 0. The highest BCUT2D eigenvalue weighted by Gasteiger charge is 2.33. The molecule has 29 heavy (non-hydrogen) atoms. The van der Waals surface area contributed by atoms with Crippen LogP contribution in [0, 0.1) is 5.41 Å². The third-order valence-electron chi connectivity index (χ3n) is 5.88. The Balaban J connectivity index is 1.66. The van der Waals surface area contributed by atoms with E-state index in [0.29, 0.717) is 43.0 Å². The number of carbonyl (C=O) groups excluding carboxylic acids is 2. The molecule has 1 aromatic carbocycles. The van der Waals surface area contributed by atoms with E-state index in [4.69, 9.17) is 14.2 Å². The lowest BCUT2D eigenvalue weighted by Gasteiger charge is -2.31. The fourth-order valence-electron chi connectivity index (χ4n) is 4.54. The van der Waals surface area contributed by atoms with Crippen molar-refractivity contribution in [1.29, 1.82) is 0 Å². The number of hydrogen-bond acceptors (Lipinski definition) is 5. The zero-order valence-electron chi connectivity index (χ0n) is 17.6. The molecule has 1 aromatic rings. The Morgan fingerprint density at radius 2 is 1.83 bits per heavy atom. The predicted octanol–water partition coefficient (Wildman–Crippen LogP) is 5.16. The van der Waals surface area contributed by atoms with Gasteiger partial charge < -0.3 is 14.2 Å². The van der Waals surface area contributed by atoms with Crippen LogP contribution in [-0.4, -0.2) is 25.2 Å². The molecule has 158 valence electrons. The van der Waals surface area contributed by atoms with Crippen molar-refractivity contribution in [2.24, 2.45) is 5.41 Å². The van der Waals surface area contributed by atoms with E-state index in [2.05, 4.69) is 6.08 Å². The van der Waals surface area contributed by atoms with Crippen LogP contribution in [0.1, 0.15) is 70.8 Å². The first-order chi connectivity index (χ1) is 14.0. The number of allylic oxidation sites excluding steroid dienone is 1. The Morgan fingerprint density at radius 3 is 2.55 bits per heavy atom. The standard InChI is InChI=1S/C24H32O5/c1-3-27-23(26)11-9-19-8-10-21(22(15-19)29-18(2)25)28-17-20-7-6-14-24(16-20)12-4-5-13-24/h8,10,15-16H,3-7,9,11-14,17H2,1-2H3. The molecule has 0 heterocycles. The minimum Gasteiger partial charge on any atom is -0.485 e. The van der Waals surface area contributed by atoms with Gasteiger partial charge in [-0.25, -0.2) is 0 Å². The monoisotopic (exact) mass is 400 g/mol. The van der Waals surface area contributed by atoms with E-state index in [-0.39, 0.29) is 11.9 Å². The van der Waals surface area contributed by atoms with Crippen molar-refractivity contribution in [2.75, 3.05) is 13.2 Å². The minimum atomic E-state index is -0.390. The molecule has 5 nitrogen and oxygen atoms in total. The molecule has 0 aromatic heterocycles. The molecule has 0 atom stereocenters. The Kier molecular flexibility index (Phi) is 7.34. The Hall–Kier alpha value is -2.30. The van der Waals surface area contributed by atoms with Crippen molar-refractivity contribution >= 4 is 11.9 Å². The lowest BCUT2D eigenvalue weighted by atomic mass is 9.75. The molecule has 1 fully saturated rings. The van der Waals surface area contributed by atoms with Crippen molar-refractivity contribution in [3.63, 3.8) is 0 Å². The van der Waals surface area contributed by atoms with Crippen LogP contribution in [0.3, 0.4) is 0 Å². The van der Waals surface area contributed by atoms with Crippen LogP contribution < -0.4 is 9.47 Å². The summed E-state index contributed by atoms with van der Waals surface area (Å²) < 4.78 is 16.4. The van der Waals surface area contributed by atoms with E-state index in [1.165, 1.54) is 51.0 Å².